The van der Waals surface area contributed by atoms with Gasteiger partial charge in [0, 0.05) is 18.1 Å². The molecule has 0 aliphatic carbocycles. The summed E-state index contributed by atoms with van der Waals surface area (Å²) in [5.41, 5.74) is 2.58. The molecule has 2 rings (SSSR count). The van der Waals surface area contributed by atoms with E-state index in [1.807, 2.05) is 30.2 Å². The van der Waals surface area contributed by atoms with Crippen LogP contribution in [0.5, 0.6) is 0 Å². The highest BCUT2D eigenvalue weighted by Gasteiger charge is 2.25. The molecule has 1 aliphatic rings. The fraction of sp³-hybridized carbons (Fsp3) is 0.500. The minimum atomic E-state index is 0.578. The minimum Gasteiger partial charge on any atom is -0.251 e. The first-order valence-corrected chi connectivity index (χ1v) is 8.42. The third-order valence-electron chi connectivity index (χ3n) is 4.22. The predicted molar refractivity (Wildman–Crippen MR) is 87.8 cm³/mol. The highest BCUT2D eigenvalue weighted by Crippen LogP contribution is 2.36. The zero-order valence-corrected chi connectivity index (χ0v) is 13.3. The number of hydrogen-bond donors (Lipinski definition) is 0. The fourth-order valence-electron chi connectivity index (χ4n) is 2.95. The van der Waals surface area contributed by atoms with Crippen molar-refractivity contribution in [1.82, 2.24) is 4.31 Å². The van der Waals surface area contributed by atoms with Gasteiger partial charge in [-0.25, -0.2) is 0 Å². The maximum Gasteiger partial charge on any atom is 0.0412 e. The molecule has 1 nitrogen and oxygen atoms in total. The Morgan fingerprint density at radius 1 is 1.42 bits per heavy atom. The van der Waals surface area contributed by atoms with Gasteiger partial charge >= 0.3 is 0 Å². The standard InChI is InChI=1S/C16H22ClNS/c1-4-13-11-15(17)5-6-16(13)12(2)14-7-9-18(19-3)10-8-14/h4-6,11-12,14H,1,7-10H2,2-3H3. The molecule has 1 unspecified atom stereocenters. The van der Waals surface area contributed by atoms with E-state index in [0.717, 1.165) is 10.9 Å². The molecular weight excluding hydrogens is 274 g/mol. The summed E-state index contributed by atoms with van der Waals surface area (Å²) in [6.07, 6.45) is 6.65. The summed E-state index contributed by atoms with van der Waals surface area (Å²) in [6.45, 7) is 8.66. The van der Waals surface area contributed by atoms with E-state index in [-0.39, 0.29) is 0 Å². The van der Waals surface area contributed by atoms with E-state index >= 15 is 0 Å². The summed E-state index contributed by atoms with van der Waals surface area (Å²) >= 11 is 7.93. The van der Waals surface area contributed by atoms with E-state index in [9.17, 15) is 0 Å². The Morgan fingerprint density at radius 2 is 2.11 bits per heavy atom. The van der Waals surface area contributed by atoms with E-state index in [1.54, 1.807) is 0 Å². The molecule has 1 saturated heterocycles. The van der Waals surface area contributed by atoms with Crippen LogP contribution in [-0.2, 0) is 0 Å². The van der Waals surface area contributed by atoms with E-state index in [2.05, 4.69) is 30.1 Å². The van der Waals surface area contributed by atoms with Crippen molar-refractivity contribution in [3.8, 4) is 0 Å². The summed E-state index contributed by atoms with van der Waals surface area (Å²) in [7, 11) is 0. The second-order valence-corrected chi connectivity index (χ2v) is 6.53. The van der Waals surface area contributed by atoms with Crippen LogP contribution in [0.15, 0.2) is 24.8 Å². The zero-order chi connectivity index (χ0) is 13.8. The summed E-state index contributed by atoms with van der Waals surface area (Å²) in [4.78, 5) is 0. The largest absolute Gasteiger partial charge is 0.251 e. The maximum absolute atomic E-state index is 6.07. The van der Waals surface area contributed by atoms with Gasteiger partial charge in [-0.1, -0.05) is 49.2 Å². The molecule has 19 heavy (non-hydrogen) atoms. The lowest BCUT2D eigenvalue weighted by Crippen LogP contribution is -2.30. The Kier molecular flexibility index (Phi) is 5.37. The summed E-state index contributed by atoms with van der Waals surface area (Å²) in [5.74, 6) is 1.34. The minimum absolute atomic E-state index is 0.578. The van der Waals surface area contributed by atoms with Crippen LogP contribution in [0.25, 0.3) is 6.08 Å². The number of benzene rings is 1. The van der Waals surface area contributed by atoms with Gasteiger partial charge in [0.1, 0.15) is 0 Å². The number of halogens is 1. The van der Waals surface area contributed by atoms with Crippen molar-refractivity contribution < 1.29 is 0 Å². The normalized spacial score (nSPS) is 19.3. The van der Waals surface area contributed by atoms with Crippen molar-refractivity contribution in [2.75, 3.05) is 19.3 Å². The SMILES string of the molecule is C=Cc1cc(Cl)ccc1C(C)C1CCN(SC)CC1. The molecule has 1 fully saturated rings. The number of piperidine rings is 1. The molecule has 0 radical (unpaired) electrons. The van der Waals surface area contributed by atoms with Crippen molar-refractivity contribution in [3.63, 3.8) is 0 Å². The Balaban J connectivity index is 2.11. The summed E-state index contributed by atoms with van der Waals surface area (Å²) < 4.78 is 2.46. The van der Waals surface area contributed by atoms with Crippen molar-refractivity contribution in [2.45, 2.75) is 25.7 Å². The lowest BCUT2D eigenvalue weighted by atomic mass is 9.80. The molecule has 0 saturated carbocycles. The Bertz CT molecular complexity index is 438. The molecule has 0 bridgehead atoms. The topological polar surface area (TPSA) is 3.24 Å². The molecule has 1 atom stereocenters. The van der Waals surface area contributed by atoms with Gasteiger partial charge in [-0.3, -0.25) is 4.31 Å². The van der Waals surface area contributed by atoms with Crippen LogP contribution in [0.1, 0.15) is 36.8 Å². The number of rotatable bonds is 4. The Morgan fingerprint density at radius 3 is 2.68 bits per heavy atom. The van der Waals surface area contributed by atoms with Crippen LogP contribution >= 0.6 is 23.5 Å². The van der Waals surface area contributed by atoms with Gasteiger partial charge in [0.05, 0.1) is 0 Å². The van der Waals surface area contributed by atoms with Crippen LogP contribution in [0.3, 0.4) is 0 Å². The summed E-state index contributed by atoms with van der Waals surface area (Å²) in [5, 5.41) is 0.794. The van der Waals surface area contributed by atoms with E-state index in [1.165, 1.54) is 37.1 Å². The monoisotopic (exact) mass is 295 g/mol. The maximum atomic E-state index is 6.07. The molecule has 1 aliphatic heterocycles. The molecular formula is C16H22ClNS. The molecule has 0 amide bonds. The van der Waals surface area contributed by atoms with Gasteiger partial charge in [0.25, 0.3) is 0 Å². The van der Waals surface area contributed by atoms with Crippen LogP contribution in [0.2, 0.25) is 5.02 Å². The van der Waals surface area contributed by atoms with E-state index in [0.29, 0.717) is 5.92 Å². The Labute approximate surface area is 126 Å². The number of nitrogens with zero attached hydrogens (tertiary/aromatic N) is 1. The van der Waals surface area contributed by atoms with Crippen molar-refractivity contribution >= 4 is 29.6 Å². The highest BCUT2D eigenvalue weighted by molar-refractivity contribution is 7.96. The van der Waals surface area contributed by atoms with E-state index < -0.39 is 0 Å². The average Bonchev–Trinajstić information content (AvgIpc) is 2.46. The van der Waals surface area contributed by atoms with Crippen molar-refractivity contribution in [2.24, 2.45) is 5.92 Å². The third kappa shape index (κ3) is 3.56. The zero-order valence-electron chi connectivity index (χ0n) is 11.7. The van der Waals surface area contributed by atoms with Gasteiger partial charge in [0.2, 0.25) is 0 Å². The lowest BCUT2D eigenvalue weighted by Gasteiger charge is -2.34. The first kappa shape index (κ1) is 15.0. The van der Waals surface area contributed by atoms with Crippen LogP contribution in [0, 0.1) is 5.92 Å². The van der Waals surface area contributed by atoms with Crippen LogP contribution in [0.4, 0.5) is 0 Å². The van der Waals surface area contributed by atoms with Gasteiger partial charge < -0.3 is 0 Å². The smallest absolute Gasteiger partial charge is 0.0412 e. The second-order valence-electron chi connectivity index (χ2n) is 5.22. The average molecular weight is 296 g/mol. The van der Waals surface area contributed by atoms with Crippen LogP contribution in [-0.4, -0.2) is 23.7 Å². The third-order valence-corrected chi connectivity index (χ3v) is 5.34. The van der Waals surface area contributed by atoms with Crippen molar-refractivity contribution in [1.29, 1.82) is 0 Å². The molecule has 3 heteroatoms. The first-order valence-electron chi connectivity index (χ1n) is 6.86. The predicted octanol–water partition coefficient (Wildman–Crippen LogP) is 5.08. The van der Waals surface area contributed by atoms with E-state index in [4.69, 9.17) is 11.6 Å². The summed E-state index contributed by atoms with van der Waals surface area (Å²) in [6, 6.07) is 6.19. The first-order chi connectivity index (χ1) is 9.15. The molecule has 0 N–H and O–H groups in total. The lowest BCUT2D eigenvalue weighted by molar-refractivity contribution is 0.264. The molecule has 1 aromatic carbocycles. The van der Waals surface area contributed by atoms with Gasteiger partial charge in [-0.2, -0.15) is 0 Å². The van der Waals surface area contributed by atoms with Gasteiger partial charge in [-0.15, -0.1) is 0 Å². The quantitative estimate of drug-likeness (QED) is 0.713. The second kappa shape index (κ2) is 6.83. The number of hydrogen-bond acceptors (Lipinski definition) is 2. The fourth-order valence-corrected chi connectivity index (χ4v) is 3.71. The Hall–Kier alpha value is -0.440. The molecule has 1 aromatic rings. The van der Waals surface area contributed by atoms with Crippen LogP contribution < -0.4 is 0 Å². The van der Waals surface area contributed by atoms with Crippen molar-refractivity contribution in [3.05, 3.63) is 40.9 Å². The molecule has 0 spiro atoms. The van der Waals surface area contributed by atoms with Gasteiger partial charge in [0.15, 0.2) is 0 Å². The molecule has 1 heterocycles. The van der Waals surface area contributed by atoms with Gasteiger partial charge in [-0.05, 0) is 54.2 Å². The highest BCUT2D eigenvalue weighted by atomic mass is 35.5. The molecule has 104 valence electrons. The molecule has 0 aromatic heterocycles.